The van der Waals surface area contributed by atoms with E-state index in [1.165, 1.54) is 13.2 Å². The lowest BCUT2D eigenvalue weighted by Gasteiger charge is -2.22. The Hall–Kier alpha value is -3.19. The van der Waals surface area contributed by atoms with Crippen LogP contribution in [0.2, 0.25) is 0 Å². The highest BCUT2D eigenvalue weighted by molar-refractivity contribution is 5.94. The molecule has 1 heterocycles. The number of amides is 1. The molecule has 28 heavy (non-hydrogen) atoms. The first-order chi connectivity index (χ1) is 13.5. The smallest absolute Gasteiger partial charge is 0.241 e. The number of aromatic amines is 1. The quantitative estimate of drug-likeness (QED) is 0.579. The first-order valence-electron chi connectivity index (χ1n) is 8.97. The number of carbonyl (C=O) groups is 1. The van der Waals surface area contributed by atoms with Crippen LogP contribution in [0.25, 0.3) is 11.3 Å². The summed E-state index contributed by atoms with van der Waals surface area (Å²) >= 11 is 0. The third-order valence-electron chi connectivity index (χ3n) is 4.52. The maximum absolute atomic E-state index is 14.2. The van der Waals surface area contributed by atoms with E-state index in [0.717, 1.165) is 11.3 Å². The number of nitrogens with zero attached hydrogens (tertiary/aromatic N) is 1. The molecule has 0 radical (unpaired) electrons. The standard InChI is InChI=1S/C21H23FN4O2/c1-13(20-17(22)5-4-6-19(20)28-3)25-14(2)21(27)26-16-9-7-15(8-10-16)18-11-23-12-24-18/h4-14,25H,1-3H3,(H,23,24)(H,26,27). The zero-order chi connectivity index (χ0) is 20.1. The molecule has 7 heteroatoms. The predicted molar refractivity (Wildman–Crippen MR) is 107 cm³/mol. The molecule has 0 bridgehead atoms. The molecule has 2 unspecified atom stereocenters. The normalized spacial score (nSPS) is 13.0. The number of nitrogens with one attached hydrogen (secondary N) is 3. The minimum atomic E-state index is -0.536. The Balaban J connectivity index is 1.63. The van der Waals surface area contributed by atoms with Gasteiger partial charge < -0.3 is 15.0 Å². The molecule has 0 saturated heterocycles. The number of methoxy groups -OCH3 is 1. The van der Waals surface area contributed by atoms with Crippen molar-refractivity contribution >= 4 is 11.6 Å². The predicted octanol–water partition coefficient (Wildman–Crippen LogP) is 3.90. The SMILES string of the molecule is COc1cccc(F)c1C(C)NC(C)C(=O)Nc1ccc(-c2cnc[nH]2)cc1. The molecule has 6 nitrogen and oxygen atoms in total. The number of hydrogen-bond donors (Lipinski definition) is 3. The number of carbonyl (C=O) groups excluding carboxylic acids is 1. The molecule has 146 valence electrons. The van der Waals surface area contributed by atoms with Crippen molar-refractivity contribution in [3.63, 3.8) is 0 Å². The summed E-state index contributed by atoms with van der Waals surface area (Å²) in [5.41, 5.74) is 2.95. The van der Waals surface area contributed by atoms with E-state index in [1.54, 1.807) is 38.5 Å². The molecular weight excluding hydrogens is 359 g/mol. The van der Waals surface area contributed by atoms with Gasteiger partial charge in [0.05, 0.1) is 31.4 Å². The molecule has 3 N–H and O–H groups in total. The molecule has 2 atom stereocenters. The second-order valence-corrected chi connectivity index (χ2v) is 6.50. The third-order valence-corrected chi connectivity index (χ3v) is 4.52. The molecule has 3 rings (SSSR count). The molecule has 2 aromatic carbocycles. The second-order valence-electron chi connectivity index (χ2n) is 6.50. The van der Waals surface area contributed by atoms with Crippen molar-refractivity contribution in [2.24, 2.45) is 0 Å². The minimum absolute atomic E-state index is 0.212. The van der Waals surface area contributed by atoms with E-state index in [1.807, 2.05) is 24.3 Å². The van der Waals surface area contributed by atoms with Crippen molar-refractivity contribution in [1.82, 2.24) is 15.3 Å². The van der Waals surface area contributed by atoms with E-state index in [9.17, 15) is 9.18 Å². The number of rotatable bonds is 7. The summed E-state index contributed by atoms with van der Waals surface area (Å²) in [5, 5.41) is 5.98. The van der Waals surface area contributed by atoms with Gasteiger partial charge in [0.1, 0.15) is 11.6 Å². The second kappa shape index (κ2) is 8.67. The highest BCUT2D eigenvalue weighted by atomic mass is 19.1. The van der Waals surface area contributed by atoms with Crippen LogP contribution in [0, 0.1) is 5.82 Å². The van der Waals surface area contributed by atoms with Gasteiger partial charge in [-0.15, -0.1) is 0 Å². The summed E-state index contributed by atoms with van der Waals surface area (Å²) in [4.78, 5) is 19.5. The van der Waals surface area contributed by atoms with Crippen LogP contribution in [0.15, 0.2) is 55.0 Å². The number of H-pyrrole nitrogens is 1. The summed E-state index contributed by atoms with van der Waals surface area (Å²) in [6.07, 6.45) is 3.35. The average Bonchev–Trinajstić information content (AvgIpc) is 3.22. The van der Waals surface area contributed by atoms with E-state index < -0.39 is 12.1 Å². The molecule has 0 saturated carbocycles. The van der Waals surface area contributed by atoms with Gasteiger partial charge in [0.15, 0.2) is 0 Å². The number of hydrogen-bond acceptors (Lipinski definition) is 4. The average molecular weight is 382 g/mol. The van der Waals surface area contributed by atoms with Crippen LogP contribution in [-0.4, -0.2) is 29.0 Å². The van der Waals surface area contributed by atoms with Crippen LogP contribution in [0.1, 0.15) is 25.5 Å². The fourth-order valence-electron chi connectivity index (χ4n) is 3.05. The van der Waals surface area contributed by atoms with Gasteiger partial charge in [0, 0.05) is 17.3 Å². The summed E-state index contributed by atoms with van der Waals surface area (Å²) in [6, 6.07) is 11.2. The minimum Gasteiger partial charge on any atom is -0.496 e. The van der Waals surface area contributed by atoms with Crippen molar-refractivity contribution in [2.75, 3.05) is 12.4 Å². The Morgan fingerprint density at radius 1 is 1.18 bits per heavy atom. The van der Waals surface area contributed by atoms with Gasteiger partial charge in [-0.05, 0) is 43.7 Å². The van der Waals surface area contributed by atoms with Gasteiger partial charge in [-0.25, -0.2) is 9.37 Å². The Kier molecular flexibility index (Phi) is 6.06. The van der Waals surface area contributed by atoms with Gasteiger partial charge in [-0.1, -0.05) is 18.2 Å². The highest BCUT2D eigenvalue weighted by Gasteiger charge is 2.21. The summed E-state index contributed by atoms with van der Waals surface area (Å²) in [5.74, 6) is -0.139. The molecule has 1 aromatic heterocycles. The number of aromatic nitrogens is 2. The number of anilines is 1. The van der Waals surface area contributed by atoms with E-state index in [-0.39, 0.29) is 11.7 Å². The summed E-state index contributed by atoms with van der Waals surface area (Å²) < 4.78 is 19.5. The van der Waals surface area contributed by atoms with E-state index in [0.29, 0.717) is 17.0 Å². The topological polar surface area (TPSA) is 79.0 Å². The van der Waals surface area contributed by atoms with Crippen molar-refractivity contribution in [3.05, 3.63) is 66.4 Å². The number of halogens is 1. The highest BCUT2D eigenvalue weighted by Crippen LogP contribution is 2.28. The maximum atomic E-state index is 14.2. The lowest BCUT2D eigenvalue weighted by molar-refractivity contribution is -0.117. The molecule has 0 spiro atoms. The van der Waals surface area contributed by atoms with Gasteiger partial charge in [-0.3, -0.25) is 10.1 Å². The fourth-order valence-corrected chi connectivity index (χ4v) is 3.05. The van der Waals surface area contributed by atoms with Gasteiger partial charge in [0.2, 0.25) is 5.91 Å². The van der Waals surface area contributed by atoms with Crippen LogP contribution in [0.5, 0.6) is 5.75 Å². The monoisotopic (exact) mass is 382 g/mol. The first-order valence-corrected chi connectivity index (χ1v) is 8.97. The van der Waals surface area contributed by atoms with Crippen molar-refractivity contribution in [1.29, 1.82) is 0 Å². The van der Waals surface area contributed by atoms with Crippen LogP contribution in [0.4, 0.5) is 10.1 Å². The Morgan fingerprint density at radius 3 is 2.57 bits per heavy atom. The Morgan fingerprint density at radius 2 is 1.93 bits per heavy atom. The largest absolute Gasteiger partial charge is 0.496 e. The lowest BCUT2D eigenvalue weighted by atomic mass is 10.1. The van der Waals surface area contributed by atoms with Gasteiger partial charge in [0.25, 0.3) is 0 Å². The maximum Gasteiger partial charge on any atom is 0.241 e. The van der Waals surface area contributed by atoms with Crippen molar-refractivity contribution in [2.45, 2.75) is 25.9 Å². The molecule has 0 aliphatic heterocycles. The Labute approximate surface area is 163 Å². The van der Waals surface area contributed by atoms with Crippen LogP contribution >= 0.6 is 0 Å². The van der Waals surface area contributed by atoms with Gasteiger partial charge in [-0.2, -0.15) is 0 Å². The lowest BCUT2D eigenvalue weighted by Crippen LogP contribution is -2.39. The van der Waals surface area contributed by atoms with Crippen LogP contribution in [0.3, 0.4) is 0 Å². The molecular formula is C21H23FN4O2. The number of ether oxygens (including phenoxy) is 1. The summed E-state index contributed by atoms with van der Waals surface area (Å²) in [7, 11) is 1.49. The zero-order valence-corrected chi connectivity index (χ0v) is 16.0. The van der Waals surface area contributed by atoms with Crippen molar-refractivity contribution < 1.29 is 13.9 Å². The molecule has 1 amide bonds. The fraction of sp³-hybridized carbons (Fsp3) is 0.238. The molecule has 3 aromatic rings. The Bertz CT molecular complexity index is 926. The van der Waals surface area contributed by atoms with E-state index in [4.69, 9.17) is 4.74 Å². The zero-order valence-electron chi connectivity index (χ0n) is 16.0. The molecule has 0 fully saturated rings. The van der Waals surface area contributed by atoms with Crippen LogP contribution in [-0.2, 0) is 4.79 Å². The van der Waals surface area contributed by atoms with E-state index >= 15 is 0 Å². The molecule has 0 aliphatic rings. The number of imidazole rings is 1. The third kappa shape index (κ3) is 4.37. The number of benzene rings is 2. The van der Waals surface area contributed by atoms with Gasteiger partial charge >= 0.3 is 0 Å². The van der Waals surface area contributed by atoms with Crippen LogP contribution < -0.4 is 15.4 Å². The molecule has 0 aliphatic carbocycles. The first kappa shape index (κ1) is 19.6. The van der Waals surface area contributed by atoms with Crippen molar-refractivity contribution in [3.8, 4) is 17.0 Å². The summed E-state index contributed by atoms with van der Waals surface area (Å²) in [6.45, 7) is 3.53. The van der Waals surface area contributed by atoms with E-state index in [2.05, 4.69) is 20.6 Å².